The standard InChI is InChI=1S/C16H11Cl2NO6/c17-13-3-1-2-12(14(13)18)16(20)24-7-10-5-11(19(21)22)4-9-6-23-8-25-15(9)10/h1-5H,6-8H2. The summed E-state index contributed by atoms with van der Waals surface area (Å²) in [5, 5.41) is 11.4. The van der Waals surface area contributed by atoms with E-state index >= 15 is 0 Å². The third kappa shape index (κ3) is 3.68. The van der Waals surface area contributed by atoms with Gasteiger partial charge in [0.1, 0.15) is 12.4 Å². The summed E-state index contributed by atoms with van der Waals surface area (Å²) in [5.41, 5.74) is 0.865. The number of non-ortho nitro benzene ring substituents is 1. The number of carbonyl (C=O) groups excluding carboxylic acids is 1. The van der Waals surface area contributed by atoms with Crippen molar-refractivity contribution in [3.8, 4) is 5.75 Å². The van der Waals surface area contributed by atoms with Crippen LogP contribution < -0.4 is 4.74 Å². The average Bonchev–Trinajstić information content (AvgIpc) is 2.61. The summed E-state index contributed by atoms with van der Waals surface area (Å²) < 4.78 is 15.7. The van der Waals surface area contributed by atoms with Gasteiger partial charge in [-0.1, -0.05) is 29.3 Å². The van der Waals surface area contributed by atoms with Gasteiger partial charge in [-0.05, 0) is 12.1 Å². The molecule has 3 rings (SSSR count). The Morgan fingerprint density at radius 1 is 1.32 bits per heavy atom. The number of nitrogens with zero attached hydrogens (tertiary/aromatic N) is 1. The lowest BCUT2D eigenvalue weighted by molar-refractivity contribution is -0.385. The lowest BCUT2D eigenvalue weighted by Gasteiger charge is -2.20. The van der Waals surface area contributed by atoms with Gasteiger partial charge in [0, 0.05) is 23.3 Å². The second-order valence-electron chi connectivity index (χ2n) is 5.14. The molecule has 0 saturated carbocycles. The molecule has 7 nitrogen and oxygen atoms in total. The van der Waals surface area contributed by atoms with Crippen molar-refractivity contribution >= 4 is 34.9 Å². The molecule has 130 valence electrons. The van der Waals surface area contributed by atoms with E-state index in [1.165, 1.54) is 18.2 Å². The van der Waals surface area contributed by atoms with E-state index in [1.807, 2.05) is 0 Å². The number of benzene rings is 2. The SMILES string of the molecule is O=C(OCc1cc([N+](=O)[O-])cc2c1OCOC2)c1cccc(Cl)c1Cl. The maximum Gasteiger partial charge on any atom is 0.340 e. The smallest absolute Gasteiger partial charge is 0.340 e. The molecule has 0 radical (unpaired) electrons. The summed E-state index contributed by atoms with van der Waals surface area (Å²) in [5.74, 6) is -0.276. The normalized spacial score (nSPS) is 12.9. The van der Waals surface area contributed by atoms with Crippen molar-refractivity contribution in [2.24, 2.45) is 0 Å². The Bertz CT molecular complexity index is 855. The number of nitro groups is 1. The van der Waals surface area contributed by atoms with Crippen LogP contribution in [0.1, 0.15) is 21.5 Å². The maximum atomic E-state index is 12.2. The molecule has 2 aromatic carbocycles. The fourth-order valence-corrected chi connectivity index (χ4v) is 2.75. The van der Waals surface area contributed by atoms with Gasteiger partial charge >= 0.3 is 5.97 Å². The molecular weight excluding hydrogens is 373 g/mol. The molecule has 0 saturated heterocycles. The van der Waals surface area contributed by atoms with Crippen molar-refractivity contribution in [3.05, 3.63) is 67.2 Å². The number of halogens is 2. The Morgan fingerprint density at radius 3 is 2.88 bits per heavy atom. The first-order valence-corrected chi connectivity index (χ1v) is 7.85. The Kier molecular flexibility index (Phi) is 5.08. The molecule has 1 heterocycles. The summed E-state index contributed by atoms with van der Waals surface area (Å²) in [6.45, 7) is -0.0182. The molecule has 0 aliphatic carbocycles. The van der Waals surface area contributed by atoms with Gasteiger partial charge in [0.25, 0.3) is 5.69 Å². The van der Waals surface area contributed by atoms with E-state index in [1.54, 1.807) is 12.1 Å². The fourth-order valence-electron chi connectivity index (χ4n) is 2.38. The fraction of sp³-hybridized carbons (Fsp3) is 0.188. The lowest BCUT2D eigenvalue weighted by atomic mass is 10.1. The Hall–Kier alpha value is -2.35. The van der Waals surface area contributed by atoms with Crippen LogP contribution >= 0.6 is 23.2 Å². The summed E-state index contributed by atoms with van der Waals surface area (Å²) in [6.07, 6.45) is 0. The summed E-state index contributed by atoms with van der Waals surface area (Å²) in [4.78, 5) is 22.7. The molecule has 0 atom stereocenters. The zero-order valence-corrected chi connectivity index (χ0v) is 14.2. The second-order valence-corrected chi connectivity index (χ2v) is 5.92. The highest BCUT2D eigenvalue weighted by atomic mass is 35.5. The quantitative estimate of drug-likeness (QED) is 0.448. The van der Waals surface area contributed by atoms with E-state index < -0.39 is 10.9 Å². The first-order valence-electron chi connectivity index (χ1n) is 7.09. The van der Waals surface area contributed by atoms with Crippen LogP contribution in [0, 0.1) is 10.1 Å². The van der Waals surface area contributed by atoms with Crippen molar-refractivity contribution in [3.63, 3.8) is 0 Å². The number of hydrogen-bond donors (Lipinski definition) is 0. The molecule has 0 N–H and O–H groups in total. The van der Waals surface area contributed by atoms with Crippen LogP contribution in [0.25, 0.3) is 0 Å². The van der Waals surface area contributed by atoms with Crippen molar-refractivity contribution in [1.82, 2.24) is 0 Å². The van der Waals surface area contributed by atoms with E-state index in [0.717, 1.165) is 0 Å². The van der Waals surface area contributed by atoms with Gasteiger partial charge in [0.05, 0.1) is 27.1 Å². The predicted molar refractivity (Wildman–Crippen MR) is 89.0 cm³/mol. The highest BCUT2D eigenvalue weighted by Gasteiger charge is 2.22. The van der Waals surface area contributed by atoms with Gasteiger partial charge in [-0.25, -0.2) is 4.79 Å². The molecule has 2 aromatic rings. The molecule has 25 heavy (non-hydrogen) atoms. The molecule has 0 aromatic heterocycles. The molecular formula is C16H11Cl2NO6. The molecule has 1 aliphatic heterocycles. The number of esters is 1. The first kappa shape index (κ1) is 17.5. The average molecular weight is 384 g/mol. The molecule has 0 bridgehead atoms. The Morgan fingerprint density at radius 2 is 2.12 bits per heavy atom. The first-order chi connectivity index (χ1) is 12.0. The second kappa shape index (κ2) is 7.26. The Labute approximate surface area is 152 Å². The van der Waals surface area contributed by atoms with E-state index in [4.69, 9.17) is 37.4 Å². The third-order valence-electron chi connectivity index (χ3n) is 3.51. The van der Waals surface area contributed by atoms with Crippen LogP contribution in [-0.4, -0.2) is 17.7 Å². The number of rotatable bonds is 4. The van der Waals surface area contributed by atoms with E-state index in [2.05, 4.69) is 0 Å². The zero-order chi connectivity index (χ0) is 18.0. The number of nitro benzene ring substituents is 1. The topological polar surface area (TPSA) is 87.9 Å². The highest BCUT2D eigenvalue weighted by molar-refractivity contribution is 6.43. The van der Waals surface area contributed by atoms with E-state index in [0.29, 0.717) is 16.9 Å². The Balaban J connectivity index is 1.85. The molecule has 1 aliphatic rings. The van der Waals surface area contributed by atoms with Crippen LogP contribution in [-0.2, 0) is 22.7 Å². The van der Waals surface area contributed by atoms with Crippen molar-refractivity contribution in [2.45, 2.75) is 13.2 Å². The third-order valence-corrected chi connectivity index (χ3v) is 4.33. The molecule has 0 spiro atoms. The van der Waals surface area contributed by atoms with Gasteiger partial charge in [0.15, 0.2) is 6.79 Å². The van der Waals surface area contributed by atoms with Crippen molar-refractivity contribution in [2.75, 3.05) is 6.79 Å². The van der Waals surface area contributed by atoms with Crippen molar-refractivity contribution < 1.29 is 23.9 Å². The van der Waals surface area contributed by atoms with Crippen LogP contribution in [0.3, 0.4) is 0 Å². The monoisotopic (exact) mass is 383 g/mol. The zero-order valence-electron chi connectivity index (χ0n) is 12.7. The maximum absolute atomic E-state index is 12.2. The van der Waals surface area contributed by atoms with Crippen LogP contribution in [0.5, 0.6) is 5.75 Å². The molecule has 0 fully saturated rings. The largest absolute Gasteiger partial charge is 0.467 e. The molecule has 0 unspecified atom stereocenters. The van der Waals surface area contributed by atoms with Crippen LogP contribution in [0.2, 0.25) is 10.0 Å². The van der Waals surface area contributed by atoms with Crippen LogP contribution in [0.15, 0.2) is 30.3 Å². The number of fused-ring (bicyclic) bond motifs is 1. The van der Waals surface area contributed by atoms with Gasteiger partial charge < -0.3 is 14.2 Å². The van der Waals surface area contributed by atoms with E-state index in [-0.39, 0.29) is 41.3 Å². The number of carbonyl (C=O) groups is 1. The van der Waals surface area contributed by atoms with Gasteiger partial charge in [0.2, 0.25) is 0 Å². The van der Waals surface area contributed by atoms with Crippen molar-refractivity contribution in [1.29, 1.82) is 0 Å². The van der Waals surface area contributed by atoms with Gasteiger partial charge in [-0.2, -0.15) is 0 Å². The molecule has 0 amide bonds. The highest BCUT2D eigenvalue weighted by Crippen LogP contribution is 2.33. The summed E-state index contributed by atoms with van der Waals surface area (Å²) >= 11 is 11.9. The minimum absolute atomic E-state index is 0.0197. The van der Waals surface area contributed by atoms with Crippen LogP contribution in [0.4, 0.5) is 5.69 Å². The van der Waals surface area contributed by atoms with Gasteiger partial charge in [-0.15, -0.1) is 0 Å². The van der Waals surface area contributed by atoms with Gasteiger partial charge in [-0.3, -0.25) is 10.1 Å². The lowest BCUT2D eigenvalue weighted by Crippen LogP contribution is -2.15. The number of ether oxygens (including phenoxy) is 3. The molecule has 9 heteroatoms. The number of hydrogen-bond acceptors (Lipinski definition) is 6. The summed E-state index contributed by atoms with van der Waals surface area (Å²) in [7, 11) is 0. The van der Waals surface area contributed by atoms with E-state index in [9.17, 15) is 14.9 Å². The predicted octanol–water partition coefficient (Wildman–Crippen LogP) is 4.13. The summed E-state index contributed by atoms with van der Waals surface area (Å²) in [6, 6.07) is 7.26. The minimum Gasteiger partial charge on any atom is -0.467 e. The minimum atomic E-state index is -0.695.